The van der Waals surface area contributed by atoms with Crippen molar-refractivity contribution < 1.29 is 18.9 Å². The second kappa shape index (κ2) is 4.39. The minimum Gasteiger partial charge on any atom is -0.190 e. The average molecular weight is 124 g/mol. The van der Waals surface area contributed by atoms with Gasteiger partial charge in [-0.1, -0.05) is 13.0 Å². The van der Waals surface area contributed by atoms with Crippen LogP contribution in [0.15, 0.2) is 30.8 Å². The van der Waals surface area contributed by atoms with E-state index in [0.29, 0.717) is 0 Å². The standard InChI is InChI=1S/C9H9.Li/c1-3-9-7-5-4-6-8(9)2;/h4-7H,1H2,2H3;/q-1;+1. The second-order valence-electron chi connectivity index (χ2n) is 1.99. The van der Waals surface area contributed by atoms with Crippen LogP contribution in [0.1, 0.15) is 11.1 Å². The van der Waals surface area contributed by atoms with Crippen LogP contribution in [0.2, 0.25) is 0 Å². The molecule has 0 saturated heterocycles. The molecule has 0 aliphatic heterocycles. The topological polar surface area (TPSA) is 0 Å². The molecular formula is C9H9Li. The van der Waals surface area contributed by atoms with Gasteiger partial charge in [0.25, 0.3) is 0 Å². The minimum atomic E-state index is 0. The third-order valence-corrected chi connectivity index (χ3v) is 1.34. The van der Waals surface area contributed by atoms with Gasteiger partial charge in [0.05, 0.1) is 0 Å². The van der Waals surface area contributed by atoms with Crippen LogP contribution >= 0.6 is 0 Å². The Morgan fingerprint density at radius 1 is 1.30 bits per heavy atom. The van der Waals surface area contributed by atoms with Gasteiger partial charge in [-0.15, -0.1) is 12.1 Å². The molecule has 0 aliphatic carbocycles. The zero-order valence-corrected chi connectivity index (χ0v) is 6.52. The fraction of sp³-hybridized carbons (Fsp3) is 0.111. The Morgan fingerprint density at radius 2 is 1.90 bits per heavy atom. The van der Waals surface area contributed by atoms with Crippen LogP contribution < -0.4 is 18.9 Å². The van der Waals surface area contributed by atoms with E-state index in [2.05, 4.69) is 12.7 Å². The van der Waals surface area contributed by atoms with Crippen molar-refractivity contribution >= 4 is 0 Å². The molecule has 0 fully saturated rings. The van der Waals surface area contributed by atoms with Crippen molar-refractivity contribution in [2.75, 3.05) is 0 Å². The Kier molecular flexibility index (Phi) is 4.19. The van der Waals surface area contributed by atoms with Crippen LogP contribution in [-0.2, 0) is 0 Å². The first-order valence-corrected chi connectivity index (χ1v) is 2.93. The molecule has 0 bridgehead atoms. The van der Waals surface area contributed by atoms with E-state index < -0.39 is 0 Å². The number of benzene rings is 1. The van der Waals surface area contributed by atoms with Gasteiger partial charge >= 0.3 is 18.9 Å². The fourth-order valence-corrected chi connectivity index (χ4v) is 0.771. The van der Waals surface area contributed by atoms with E-state index >= 15 is 0 Å². The van der Waals surface area contributed by atoms with Crippen LogP contribution in [0.25, 0.3) is 0 Å². The summed E-state index contributed by atoms with van der Waals surface area (Å²) in [7, 11) is 0. The molecule has 46 valence electrons. The summed E-state index contributed by atoms with van der Waals surface area (Å²) in [6, 6.07) is 8.05. The van der Waals surface area contributed by atoms with Crippen molar-refractivity contribution in [1.82, 2.24) is 0 Å². The average Bonchev–Trinajstić information content (AvgIpc) is 1.89. The molecule has 0 saturated carbocycles. The largest absolute Gasteiger partial charge is 1.00 e. The van der Waals surface area contributed by atoms with Gasteiger partial charge in [0, 0.05) is 0 Å². The summed E-state index contributed by atoms with van der Waals surface area (Å²) in [6.45, 7) is 5.62. The van der Waals surface area contributed by atoms with E-state index in [0.717, 1.165) is 5.56 Å². The van der Waals surface area contributed by atoms with E-state index in [1.165, 1.54) is 5.56 Å². The number of hydrogen-bond donors (Lipinski definition) is 0. The smallest absolute Gasteiger partial charge is 0.190 e. The molecule has 0 N–H and O–H groups in total. The summed E-state index contributed by atoms with van der Waals surface area (Å²) >= 11 is 0. The predicted molar refractivity (Wildman–Crippen MR) is 39.2 cm³/mol. The number of hydrogen-bond acceptors (Lipinski definition) is 0. The summed E-state index contributed by atoms with van der Waals surface area (Å²) in [5.74, 6) is 0. The van der Waals surface area contributed by atoms with Gasteiger partial charge in [-0.2, -0.15) is 29.8 Å². The number of aryl methyl sites for hydroxylation is 1. The third-order valence-electron chi connectivity index (χ3n) is 1.34. The Balaban J connectivity index is 0.000000810. The first kappa shape index (κ1) is 9.56. The zero-order chi connectivity index (χ0) is 6.69. The molecule has 0 atom stereocenters. The molecule has 0 amide bonds. The van der Waals surface area contributed by atoms with Gasteiger partial charge < -0.3 is 0 Å². The SMILES string of the molecule is C=[C-]c1ccccc1C.[Li+]. The molecule has 1 aromatic rings. The summed E-state index contributed by atoms with van der Waals surface area (Å²) in [5.41, 5.74) is 2.32. The van der Waals surface area contributed by atoms with E-state index in [9.17, 15) is 0 Å². The fourth-order valence-electron chi connectivity index (χ4n) is 0.771. The molecule has 0 heterocycles. The Hall–Kier alpha value is -0.443. The van der Waals surface area contributed by atoms with Gasteiger partial charge in [0.2, 0.25) is 0 Å². The molecule has 1 rings (SSSR count). The molecule has 0 aliphatic rings. The Morgan fingerprint density at radius 3 is 2.30 bits per heavy atom. The first-order chi connectivity index (χ1) is 4.34. The van der Waals surface area contributed by atoms with Gasteiger partial charge in [-0.05, 0) is 0 Å². The van der Waals surface area contributed by atoms with Crippen molar-refractivity contribution in [3.8, 4) is 0 Å². The van der Waals surface area contributed by atoms with Crippen molar-refractivity contribution in [1.29, 1.82) is 0 Å². The van der Waals surface area contributed by atoms with Crippen molar-refractivity contribution in [2.45, 2.75) is 6.92 Å². The van der Waals surface area contributed by atoms with Gasteiger partial charge in [0.15, 0.2) is 0 Å². The van der Waals surface area contributed by atoms with Gasteiger partial charge in [-0.3, -0.25) is 0 Å². The van der Waals surface area contributed by atoms with Gasteiger partial charge in [-0.25, -0.2) is 0 Å². The molecule has 0 unspecified atom stereocenters. The monoisotopic (exact) mass is 124 g/mol. The van der Waals surface area contributed by atoms with E-state index in [1.807, 2.05) is 31.2 Å². The minimum absolute atomic E-state index is 0. The van der Waals surface area contributed by atoms with E-state index in [-0.39, 0.29) is 18.9 Å². The van der Waals surface area contributed by atoms with Crippen LogP contribution in [0.4, 0.5) is 0 Å². The normalized spacial score (nSPS) is 8.10. The zero-order valence-electron chi connectivity index (χ0n) is 6.52. The summed E-state index contributed by atoms with van der Waals surface area (Å²) in [6.07, 6.45) is 2.85. The molecule has 0 spiro atoms. The Bertz CT molecular complexity index is 216. The molecule has 0 radical (unpaired) electrons. The van der Waals surface area contributed by atoms with Crippen molar-refractivity contribution in [3.05, 3.63) is 48.0 Å². The van der Waals surface area contributed by atoms with Crippen LogP contribution in [0.5, 0.6) is 0 Å². The van der Waals surface area contributed by atoms with Crippen molar-refractivity contribution in [3.63, 3.8) is 0 Å². The molecule has 0 nitrogen and oxygen atoms in total. The third kappa shape index (κ3) is 2.06. The summed E-state index contributed by atoms with van der Waals surface area (Å²) < 4.78 is 0. The molecule has 0 aromatic heterocycles. The van der Waals surface area contributed by atoms with Crippen LogP contribution in [0.3, 0.4) is 0 Å². The predicted octanol–water partition coefficient (Wildman–Crippen LogP) is -0.664. The maximum atomic E-state index is 3.57. The van der Waals surface area contributed by atoms with Gasteiger partial charge in [0.1, 0.15) is 0 Å². The maximum Gasteiger partial charge on any atom is 1.00 e. The van der Waals surface area contributed by atoms with E-state index in [1.54, 1.807) is 0 Å². The second-order valence-corrected chi connectivity index (χ2v) is 1.99. The molecular weight excluding hydrogens is 115 g/mol. The first-order valence-electron chi connectivity index (χ1n) is 2.93. The summed E-state index contributed by atoms with van der Waals surface area (Å²) in [5, 5.41) is 0. The maximum absolute atomic E-state index is 3.57. The van der Waals surface area contributed by atoms with E-state index in [4.69, 9.17) is 0 Å². The van der Waals surface area contributed by atoms with Crippen LogP contribution in [0, 0.1) is 13.0 Å². The van der Waals surface area contributed by atoms with Crippen molar-refractivity contribution in [2.24, 2.45) is 0 Å². The molecule has 1 heteroatoms. The number of rotatable bonds is 1. The molecule has 1 aromatic carbocycles. The van der Waals surface area contributed by atoms with Crippen LogP contribution in [-0.4, -0.2) is 0 Å². The quantitative estimate of drug-likeness (QED) is 0.344. The Labute approximate surface area is 74.1 Å². The summed E-state index contributed by atoms with van der Waals surface area (Å²) in [4.78, 5) is 0. The molecule has 10 heavy (non-hydrogen) atoms.